The quantitative estimate of drug-likeness (QED) is 0.196. The molecule has 8 aromatic rings. The first-order chi connectivity index (χ1) is 24.3. The molecular weight excluding hydrogens is 597 g/mol. The van der Waals surface area contributed by atoms with Crippen molar-refractivity contribution in [1.29, 1.82) is 0 Å². The average Bonchev–Trinajstić information content (AvgIpc) is 3.65. The number of hydrogen-bond donors (Lipinski definition) is 0. The van der Waals surface area contributed by atoms with Crippen LogP contribution in [0.15, 0.2) is 170 Å². The Labute approximate surface area is 284 Å². The molecule has 0 saturated carbocycles. The van der Waals surface area contributed by atoms with Crippen molar-refractivity contribution in [2.24, 2.45) is 0 Å². The van der Waals surface area contributed by atoms with Crippen molar-refractivity contribution in [2.45, 2.75) is 5.41 Å². The Hall–Kier alpha value is -6.52. The van der Waals surface area contributed by atoms with E-state index in [0.29, 0.717) is 5.82 Å². The number of rotatable bonds is 4. The molecule has 4 nitrogen and oxygen atoms in total. The second-order valence-corrected chi connectivity index (χ2v) is 12.6. The predicted molar refractivity (Wildman–Crippen MR) is 196 cm³/mol. The molecule has 0 N–H and O–H groups in total. The molecule has 2 heterocycles. The number of aromatic nitrogens is 4. The summed E-state index contributed by atoms with van der Waals surface area (Å²) in [6.45, 7) is 0. The van der Waals surface area contributed by atoms with Gasteiger partial charge < -0.3 is 0 Å². The number of fused-ring (bicyclic) bond motifs is 10. The standard InChI is InChI=1S/C45H28N4/c1-4-16-29(17-5-1)32-22-10-11-25-35(32)44-46-28-38-41(49-44)42-43(45(38)36-26-14-12-23-33(36)34-24-13-15-27-37(34)45)48-40(31-20-8-3-9-21-31)39(47-42)30-18-6-2-7-19-30/h1-28H. The van der Waals surface area contributed by atoms with Gasteiger partial charge in [0.1, 0.15) is 5.69 Å². The Morgan fingerprint density at radius 1 is 0.327 bits per heavy atom. The topological polar surface area (TPSA) is 51.6 Å². The summed E-state index contributed by atoms with van der Waals surface area (Å²) in [7, 11) is 0. The Morgan fingerprint density at radius 2 is 0.796 bits per heavy atom. The summed E-state index contributed by atoms with van der Waals surface area (Å²) >= 11 is 0. The largest absolute Gasteiger partial charge is 0.246 e. The Kier molecular flexibility index (Phi) is 6.06. The van der Waals surface area contributed by atoms with Crippen LogP contribution in [0.25, 0.3) is 67.5 Å². The molecule has 4 heteroatoms. The number of hydrogen-bond acceptors (Lipinski definition) is 4. The fraction of sp³-hybridized carbons (Fsp3) is 0.0222. The first-order valence-electron chi connectivity index (χ1n) is 16.6. The van der Waals surface area contributed by atoms with Gasteiger partial charge in [-0.1, -0.05) is 164 Å². The van der Waals surface area contributed by atoms with Gasteiger partial charge in [-0.15, -0.1) is 0 Å². The van der Waals surface area contributed by atoms with Crippen LogP contribution in [0.4, 0.5) is 0 Å². The molecule has 0 radical (unpaired) electrons. The van der Waals surface area contributed by atoms with Gasteiger partial charge in [0.15, 0.2) is 5.82 Å². The van der Waals surface area contributed by atoms with E-state index >= 15 is 0 Å². The maximum atomic E-state index is 5.68. The van der Waals surface area contributed by atoms with Crippen LogP contribution in [-0.2, 0) is 5.41 Å². The van der Waals surface area contributed by atoms with E-state index in [9.17, 15) is 0 Å². The van der Waals surface area contributed by atoms with Gasteiger partial charge in [0.25, 0.3) is 0 Å². The van der Waals surface area contributed by atoms with Crippen LogP contribution in [0, 0.1) is 0 Å². The summed E-state index contributed by atoms with van der Waals surface area (Å²) in [6, 6.07) is 56.9. The van der Waals surface area contributed by atoms with Crippen molar-refractivity contribution in [3.8, 4) is 67.5 Å². The van der Waals surface area contributed by atoms with Gasteiger partial charge in [-0.2, -0.15) is 0 Å². The van der Waals surface area contributed by atoms with Gasteiger partial charge in [0.05, 0.1) is 28.2 Å². The summed E-state index contributed by atoms with van der Waals surface area (Å²) in [5.41, 5.74) is 14.4. The highest BCUT2D eigenvalue weighted by Crippen LogP contribution is 2.62. The second-order valence-electron chi connectivity index (χ2n) is 12.6. The zero-order valence-corrected chi connectivity index (χ0v) is 26.5. The highest BCUT2D eigenvalue weighted by molar-refractivity contribution is 5.94. The molecule has 0 bridgehead atoms. The summed E-state index contributed by atoms with van der Waals surface area (Å²) in [6.07, 6.45) is 2.03. The van der Waals surface area contributed by atoms with E-state index < -0.39 is 5.41 Å². The molecule has 49 heavy (non-hydrogen) atoms. The van der Waals surface area contributed by atoms with Gasteiger partial charge in [0, 0.05) is 28.5 Å². The second kappa shape index (κ2) is 10.8. The average molecular weight is 625 g/mol. The van der Waals surface area contributed by atoms with Crippen LogP contribution in [0.3, 0.4) is 0 Å². The van der Waals surface area contributed by atoms with Crippen LogP contribution in [0.2, 0.25) is 0 Å². The summed E-state index contributed by atoms with van der Waals surface area (Å²) in [4.78, 5) is 21.8. The summed E-state index contributed by atoms with van der Waals surface area (Å²) in [5.74, 6) is 0.663. The molecule has 0 amide bonds. The molecule has 2 aromatic heterocycles. The van der Waals surface area contributed by atoms with Crippen molar-refractivity contribution in [2.75, 3.05) is 0 Å². The smallest absolute Gasteiger partial charge is 0.160 e. The highest BCUT2D eigenvalue weighted by Gasteiger charge is 2.55. The zero-order chi connectivity index (χ0) is 32.4. The Balaban J connectivity index is 1.32. The molecule has 0 unspecified atom stereocenters. The third-order valence-corrected chi connectivity index (χ3v) is 9.97. The van der Waals surface area contributed by atoms with Gasteiger partial charge in [-0.05, 0) is 33.4 Å². The first kappa shape index (κ1) is 27.6. The minimum Gasteiger partial charge on any atom is -0.246 e. The van der Waals surface area contributed by atoms with Crippen LogP contribution in [0.5, 0.6) is 0 Å². The predicted octanol–water partition coefficient (Wildman–Crippen LogP) is 10.3. The maximum absolute atomic E-state index is 5.68. The molecule has 2 aliphatic carbocycles. The highest BCUT2D eigenvalue weighted by atomic mass is 15.0. The van der Waals surface area contributed by atoms with E-state index in [0.717, 1.165) is 61.9 Å². The summed E-state index contributed by atoms with van der Waals surface area (Å²) < 4.78 is 0. The first-order valence-corrected chi connectivity index (χ1v) is 16.6. The lowest BCUT2D eigenvalue weighted by Crippen LogP contribution is -2.27. The van der Waals surface area contributed by atoms with Crippen LogP contribution >= 0.6 is 0 Å². The third-order valence-electron chi connectivity index (χ3n) is 9.97. The molecule has 2 aliphatic rings. The number of nitrogens with zero attached hydrogens (tertiary/aromatic N) is 4. The maximum Gasteiger partial charge on any atom is 0.160 e. The molecule has 10 rings (SSSR count). The van der Waals surface area contributed by atoms with Crippen LogP contribution < -0.4 is 0 Å². The molecule has 0 aliphatic heterocycles. The fourth-order valence-corrected chi connectivity index (χ4v) is 7.88. The minimum atomic E-state index is -0.721. The van der Waals surface area contributed by atoms with E-state index in [1.54, 1.807) is 0 Å². The van der Waals surface area contributed by atoms with Crippen LogP contribution in [-0.4, -0.2) is 19.9 Å². The summed E-state index contributed by atoms with van der Waals surface area (Å²) in [5, 5.41) is 0. The SMILES string of the molecule is c1ccc(-c2ccccc2-c2ncc3c(n2)-c2nc(-c4ccccc4)c(-c4ccccc4)nc2C32c3ccccc3-c3ccccc32)cc1. The Morgan fingerprint density at radius 3 is 1.39 bits per heavy atom. The van der Waals surface area contributed by atoms with Crippen molar-refractivity contribution in [3.63, 3.8) is 0 Å². The van der Waals surface area contributed by atoms with Crippen LogP contribution in [0.1, 0.15) is 22.4 Å². The molecule has 1 spiro atoms. The van der Waals surface area contributed by atoms with Gasteiger partial charge in [-0.25, -0.2) is 19.9 Å². The molecular formula is C45H28N4. The van der Waals surface area contributed by atoms with E-state index in [4.69, 9.17) is 19.9 Å². The van der Waals surface area contributed by atoms with E-state index in [1.165, 1.54) is 22.3 Å². The van der Waals surface area contributed by atoms with Gasteiger partial charge in [0.2, 0.25) is 0 Å². The minimum absolute atomic E-state index is 0.663. The van der Waals surface area contributed by atoms with Gasteiger partial charge >= 0.3 is 0 Å². The van der Waals surface area contributed by atoms with Crippen molar-refractivity contribution >= 4 is 0 Å². The van der Waals surface area contributed by atoms with Crippen molar-refractivity contribution in [3.05, 3.63) is 192 Å². The lowest BCUT2D eigenvalue weighted by atomic mass is 9.73. The van der Waals surface area contributed by atoms with Gasteiger partial charge in [-0.3, -0.25) is 0 Å². The lowest BCUT2D eigenvalue weighted by Gasteiger charge is -2.29. The van der Waals surface area contributed by atoms with E-state index in [-0.39, 0.29) is 0 Å². The molecule has 0 fully saturated rings. The normalized spacial score (nSPS) is 13.1. The Bertz CT molecular complexity index is 2500. The zero-order valence-electron chi connectivity index (χ0n) is 26.5. The van der Waals surface area contributed by atoms with Crippen molar-refractivity contribution < 1.29 is 0 Å². The lowest BCUT2D eigenvalue weighted by molar-refractivity contribution is 0.752. The molecule has 0 atom stereocenters. The van der Waals surface area contributed by atoms with E-state index in [1.807, 2.05) is 24.4 Å². The molecule has 228 valence electrons. The number of benzene rings is 6. The third kappa shape index (κ3) is 3.98. The molecule has 0 saturated heterocycles. The van der Waals surface area contributed by atoms with E-state index in [2.05, 4.69) is 146 Å². The monoisotopic (exact) mass is 624 g/mol. The van der Waals surface area contributed by atoms with Crippen molar-refractivity contribution in [1.82, 2.24) is 19.9 Å². The molecule has 6 aromatic carbocycles. The fourth-order valence-electron chi connectivity index (χ4n) is 7.88.